The van der Waals surface area contributed by atoms with Gasteiger partial charge in [0.25, 0.3) is 0 Å². The number of rotatable bonds is 3. The van der Waals surface area contributed by atoms with Crippen molar-refractivity contribution >= 4 is 50.7 Å². The quantitative estimate of drug-likeness (QED) is 0.925. The minimum atomic E-state index is -0.0462. The third kappa shape index (κ3) is 3.54. The minimum Gasteiger partial charge on any atom is -0.374 e. The number of anilines is 1. The fraction of sp³-hybridized carbons (Fsp3) is 0.300. The predicted molar refractivity (Wildman–Crippen MR) is 71.3 cm³/mol. The van der Waals surface area contributed by atoms with Crippen LogP contribution in [-0.4, -0.2) is 31.4 Å². The summed E-state index contributed by atoms with van der Waals surface area (Å²) in [7, 11) is 3.38. The van der Waals surface area contributed by atoms with E-state index in [-0.39, 0.29) is 12.5 Å². The predicted octanol–water partition coefficient (Wildman–Crippen LogP) is 3.26. The van der Waals surface area contributed by atoms with Gasteiger partial charge in [-0.15, -0.1) is 0 Å². The van der Waals surface area contributed by atoms with Gasteiger partial charge in [-0.1, -0.05) is 39.1 Å². The summed E-state index contributed by atoms with van der Waals surface area (Å²) in [6, 6.07) is 3.44. The Balaban J connectivity index is 2.78. The summed E-state index contributed by atoms with van der Waals surface area (Å²) in [4.78, 5) is 12.9. The Morgan fingerprint density at radius 1 is 1.38 bits per heavy atom. The SMILES string of the molecule is CN(C)C(=O)CNc1c(Cl)cc(Br)cc1Cl. The normalized spacial score (nSPS) is 10.1. The van der Waals surface area contributed by atoms with Crippen molar-refractivity contribution in [1.82, 2.24) is 4.90 Å². The summed E-state index contributed by atoms with van der Waals surface area (Å²) in [6.07, 6.45) is 0. The number of nitrogens with zero attached hydrogens (tertiary/aromatic N) is 1. The zero-order chi connectivity index (χ0) is 12.3. The first kappa shape index (κ1) is 13.6. The average molecular weight is 326 g/mol. The van der Waals surface area contributed by atoms with Gasteiger partial charge in [0.15, 0.2) is 0 Å². The molecule has 0 radical (unpaired) electrons. The Kier molecular flexibility index (Phi) is 4.89. The van der Waals surface area contributed by atoms with Crippen molar-refractivity contribution in [1.29, 1.82) is 0 Å². The van der Waals surface area contributed by atoms with Crippen LogP contribution in [0.2, 0.25) is 10.0 Å². The lowest BCUT2D eigenvalue weighted by Gasteiger charge is -2.13. The molecule has 0 saturated heterocycles. The van der Waals surface area contributed by atoms with Crippen LogP contribution in [0.4, 0.5) is 5.69 Å². The molecule has 0 heterocycles. The maximum absolute atomic E-state index is 11.4. The molecule has 1 amide bonds. The van der Waals surface area contributed by atoms with E-state index in [9.17, 15) is 4.79 Å². The Bertz CT molecular complexity index is 387. The Hall–Kier alpha value is -0.450. The number of carbonyl (C=O) groups is 1. The Morgan fingerprint density at radius 2 is 1.88 bits per heavy atom. The van der Waals surface area contributed by atoms with Crippen LogP contribution in [0.1, 0.15) is 0 Å². The molecule has 0 aliphatic carbocycles. The van der Waals surface area contributed by atoms with Gasteiger partial charge in [-0.25, -0.2) is 0 Å². The standard InChI is InChI=1S/C10H11BrCl2N2O/c1-15(2)9(16)5-14-10-7(12)3-6(11)4-8(10)13/h3-4,14H,5H2,1-2H3. The molecule has 0 spiro atoms. The molecule has 6 heteroatoms. The molecule has 0 atom stereocenters. The van der Waals surface area contributed by atoms with Gasteiger partial charge in [0.05, 0.1) is 22.3 Å². The van der Waals surface area contributed by atoms with Gasteiger partial charge in [-0.05, 0) is 12.1 Å². The van der Waals surface area contributed by atoms with E-state index in [1.165, 1.54) is 4.90 Å². The van der Waals surface area contributed by atoms with Gasteiger partial charge in [0.1, 0.15) is 0 Å². The van der Waals surface area contributed by atoms with Crippen molar-refractivity contribution in [2.24, 2.45) is 0 Å². The molecule has 0 fully saturated rings. The number of nitrogens with one attached hydrogen (secondary N) is 1. The second kappa shape index (κ2) is 5.75. The zero-order valence-corrected chi connectivity index (χ0v) is 11.9. The van der Waals surface area contributed by atoms with Crippen LogP contribution in [-0.2, 0) is 4.79 Å². The van der Waals surface area contributed by atoms with Crippen molar-refractivity contribution in [3.05, 3.63) is 26.7 Å². The van der Waals surface area contributed by atoms with Crippen molar-refractivity contribution in [2.75, 3.05) is 26.0 Å². The highest BCUT2D eigenvalue weighted by Gasteiger charge is 2.09. The number of carbonyl (C=O) groups excluding carboxylic acids is 1. The summed E-state index contributed by atoms with van der Waals surface area (Å²) >= 11 is 15.3. The van der Waals surface area contributed by atoms with Gasteiger partial charge < -0.3 is 10.2 Å². The molecule has 0 bridgehead atoms. The summed E-state index contributed by atoms with van der Waals surface area (Å²) < 4.78 is 0.798. The molecule has 1 aromatic rings. The number of likely N-dealkylation sites (N-methyl/N-ethyl adjacent to an activating group) is 1. The Labute approximate surface area is 113 Å². The van der Waals surface area contributed by atoms with Gasteiger partial charge in [0.2, 0.25) is 5.91 Å². The third-order valence-electron chi connectivity index (χ3n) is 1.92. The van der Waals surface area contributed by atoms with E-state index in [0.717, 1.165) is 4.47 Å². The smallest absolute Gasteiger partial charge is 0.241 e. The van der Waals surface area contributed by atoms with Crippen LogP contribution in [0.3, 0.4) is 0 Å². The highest BCUT2D eigenvalue weighted by atomic mass is 79.9. The molecule has 88 valence electrons. The van der Waals surface area contributed by atoms with Gasteiger partial charge in [-0.3, -0.25) is 4.79 Å². The maximum atomic E-state index is 11.4. The van der Waals surface area contributed by atoms with Crippen LogP contribution in [0.5, 0.6) is 0 Å². The van der Waals surface area contributed by atoms with Crippen LogP contribution in [0.15, 0.2) is 16.6 Å². The number of amides is 1. The van der Waals surface area contributed by atoms with E-state index in [0.29, 0.717) is 15.7 Å². The van der Waals surface area contributed by atoms with E-state index in [2.05, 4.69) is 21.2 Å². The summed E-state index contributed by atoms with van der Waals surface area (Å²) in [5.41, 5.74) is 0.571. The number of benzene rings is 1. The van der Waals surface area contributed by atoms with Crippen LogP contribution >= 0.6 is 39.1 Å². The second-order valence-electron chi connectivity index (χ2n) is 3.39. The first-order valence-electron chi connectivity index (χ1n) is 4.50. The lowest BCUT2D eigenvalue weighted by atomic mass is 10.3. The van der Waals surface area contributed by atoms with Crippen molar-refractivity contribution in [3.63, 3.8) is 0 Å². The highest BCUT2D eigenvalue weighted by Crippen LogP contribution is 2.33. The monoisotopic (exact) mass is 324 g/mol. The minimum absolute atomic E-state index is 0.0462. The topological polar surface area (TPSA) is 32.3 Å². The molecule has 1 rings (SSSR count). The van der Waals surface area contributed by atoms with E-state index < -0.39 is 0 Å². The van der Waals surface area contributed by atoms with Crippen LogP contribution < -0.4 is 5.32 Å². The molecular formula is C10H11BrCl2N2O. The lowest BCUT2D eigenvalue weighted by molar-refractivity contribution is -0.126. The molecule has 0 saturated carbocycles. The van der Waals surface area contributed by atoms with Gasteiger partial charge in [0, 0.05) is 18.6 Å². The molecule has 1 N–H and O–H groups in total. The Morgan fingerprint density at radius 3 is 2.31 bits per heavy atom. The maximum Gasteiger partial charge on any atom is 0.241 e. The van der Waals surface area contributed by atoms with Gasteiger partial charge >= 0.3 is 0 Å². The molecule has 3 nitrogen and oxygen atoms in total. The van der Waals surface area contributed by atoms with Crippen LogP contribution in [0, 0.1) is 0 Å². The second-order valence-corrected chi connectivity index (χ2v) is 5.12. The molecule has 1 aromatic carbocycles. The lowest BCUT2D eigenvalue weighted by Crippen LogP contribution is -2.28. The van der Waals surface area contributed by atoms with Gasteiger partial charge in [-0.2, -0.15) is 0 Å². The summed E-state index contributed by atoms with van der Waals surface area (Å²) in [6.45, 7) is 0.161. The van der Waals surface area contributed by atoms with E-state index in [1.54, 1.807) is 26.2 Å². The number of hydrogen-bond acceptors (Lipinski definition) is 2. The number of hydrogen-bond donors (Lipinski definition) is 1. The van der Waals surface area contributed by atoms with Crippen molar-refractivity contribution in [3.8, 4) is 0 Å². The van der Waals surface area contributed by atoms with Crippen LogP contribution in [0.25, 0.3) is 0 Å². The largest absolute Gasteiger partial charge is 0.374 e. The molecule has 0 aliphatic heterocycles. The molecule has 0 aliphatic rings. The molecule has 0 unspecified atom stereocenters. The first-order chi connectivity index (χ1) is 7.41. The number of halogens is 3. The van der Waals surface area contributed by atoms with E-state index in [4.69, 9.17) is 23.2 Å². The highest BCUT2D eigenvalue weighted by molar-refractivity contribution is 9.10. The van der Waals surface area contributed by atoms with Crippen molar-refractivity contribution in [2.45, 2.75) is 0 Å². The third-order valence-corrected chi connectivity index (χ3v) is 2.98. The zero-order valence-electron chi connectivity index (χ0n) is 8.85. The molecular weight excluding hydrogens is 315 g/mol. The average Bonchev–Trinajstić information content (AvgIpc) is 2.15. The fourth-order valence-corrected chi connectivity index (χ4v) is 2.38. The van der Waals surface area contributed by atoms with Crippen molar-refractivity contribution < 1.29 is 4.79 Å². The molecule has 0 aromatic heterocycles. The fourth-order valence-electron chi connectivity index (χ4n) is 1.03. The first-order valence-corrected chi connectivity index (χ1v) is 6.05. The van der Waals surface area contributed by atoms with E-state index in [1.807, 2.05) is 0 Å². The molecule has 16 heavy (non-hydrogen) atoms. The summed E-state index contributed by atoms with van der Waals surface area (Å²) in [5.74, 6) is -0.0462. The summed E-state index contributed by atoms with van der Waals surface area (Å²) in [5, 5.41) is 3.87. The van der Waals surface area contributed by atoms with E-state index >= 15 is 0 Å².